The normalized spacial score (nSPS) is 13.9. The number of carboxylic acids is 1. The molecule has 0 radical (unpaired) electrons. The number of cyclic esters (lactones) is 2. The first-order chi connectivity index (χ1) is 46.2. The summed E-state index contributed by atoms with van der Waals surface area (Å²) in [6.45, 7) is 7.57. The van der Waals surface area contributed by atoms with Crippen molar-refractivity contribution in [3.8, 4) is 0 Å². The van der Waals surface area contributed by atoms with E-state index in [0.29, 0.717) is 47.0 Å². The zero-order chi connectivity index (χ0) is 70.9. The molecule has 1 aliphatic heterocycles. The van der Waals surface area contributed by atoms with E-state index in [-0.39, 0.29) is 49.6 Å². The number of carbonyl (C=O) groups is 11. The summed E-state index contributed by atoms with van der Waals surface area (Å²) in [6.07, 6.45) is -9.91. The predicted octanol–water partition coefficient (Wildman–Crippen LogP) is 11.6. The second-order valence-corrected chi connectivity index (χ2v) is 25.7. The number of nitrogens with one attached hydrogen (secondary N) is 2. The minimum absolute atomic E-state index is 0. The molecule has 9 aromatic rings. The van der Waals surface area contributed by atoms with Crippen LogP contribution in [0.25, 0.3) is 30.6 Å². The van der Waals surface area contributed by atoms with E-state index in [2.05, 4.69) is 52.4 Å². The highest BCUT2D eigenvalue weighted by Crippen LogP contribution is 2.34. The van der Waals surface area contributed by atoms with Gasteiger partial charge in [-0.05, 0) is 84.3 Å². The third-order valence-electron chi connectivity index (χ3n) is 12.4. The van der Waals surface area contributed by atoms with Gasteiger partial charge >= 0.3 is 53.7 Å². The van der Waals surface area contributed by atoms with E-state index in [9.17, 15) is 68.1 Å². The first-order valence-corrected chi connectivity index (χ1v) is 33.4. The van der Waals surface area contributed by atoms with Crippen LogP contribution in [-0.4, -0.2) is 139 Å². The fourth-order valence-corrected chi connectivity index (χ4v) is 12.9. The first-order valence-electron chi connectivity index (χ1n) is 28.8. The number of hydrogen-bond acceptors (Lipinski definition) is 30. The number of thiazole rings is 3. The second kappa shape index (κ2) is 46.1. The van der Waals surface area contributed by atoms with E-state index < -0.39 is 114 Å². The third kappa shape index (κ3) is 29.3. The maximum atomic E-state index is 12.8. The largest absolute Gasteiger partial charge is 0.478 e. The van der Waals surface area contributed by atoms with E-state index in [0.717, 1.165) is 67.6 Å². The molecule has 0 unspecified atom stereocenters. The predicted molar refractivity (Wildman–Crippen MR) is 400 cm³/mol. The Labute approximate surface area is 622 Å². The van der Waals surface area contributed by atoms with E-state index in [1.807, 2.05) is 120 Å². The second-order valence-electron chi connectivity index (χ2n) is 20.0. The molecule has 7 N–H and O–H groups in total. The number of ether oxygens (including phenoxy) is 7. The number of rotatable bonds is 21. The van der Waals surface area contributed by atoms with Gasteiger partial charge in [0.1, 0.15) is 21.1 Å². The third-order valence-corrected chi connectivity index (χ3v) is 18.0. The number of carbonyl (C=O) groups excluding carboxylic acids is 10. The molecule has 1 aliphatic rings. The van der Waals surface area contributed by atoms with Crippen molar-refractivity contribution >= 4 is 171 Å². The summed E-state index contributed by atoms with van der Waals surface area (Å²) in [4.78, 5) is 141. The smallest absolute Gasteiger partial charge is 0.359 e. The highest BCUT2D eigenvalue weighted by atomic mass is 32.1. The number of thiol groups is 1. The van der Waals surface area contributed by atoms with E-state index in [1.165, 1.54) is 47.9 Å². The number of para-hydroxylation sites is 4. The minimum atomic E-state index is -1.65. The van der Waals surface area contributed by atoms with Gasteiger partial charge in [0.05, 0.1) is 30.6 Å². The number of aliphatic hydroxyl groups is 2. The van der Waals surface area contributed by atoms with Crippen LogP contribution in [0.5, 0.6) is 0 Å². The van der Waals surface area contributed by atoms with Gasteiger partial charge in [-0.2, -0.15) is 0 Å². The molecule has 0 bridgehead atoms. The molecule has 2 amide bonds. The molecule has 0 spiro atoms. The Bertz CT molecular complexity index is 4050. The zero-order valence-electron chi connectivity index (χ0n) is 52.2. The van der Waals surface area contributed by atoms with Crippen LogP contribution in [0, 0.1) is 0 Å². The average Bonchev–Trinajstić information content (AvgIpc) is 1.70. The number of aromatic nitrogens is 3. The van der Waals surface area contributed by atoms with E-state index >= 15 is 0 Å². The average molecular weight is 1540 g/mol. The van der Waals surface area contributed by atoms with Gasteiger partial charge in [-0.25, -0.2) is 29.3 Å². The van der Waals surface area contributed by atoms with Gasteiger partial charge in [-0.3, -0.25) is 38.4 Å². The number of carboxylic acid groups (broad SMARTS) is 1. The van der Waals surface area contributed by atoms with Gasteiger partial charge in [0.15, 0.2) is 12.2 Å². The van der Waals surface area contributed by atoms with Crippen molar-refractivity contribution in [1.29, 1.82) is 0 Å². The lowest BCUT2D eigenvalue weighted by molar-refractivity contribution is -0.178. The van der Waals surface area contributed by atoms with Gasteiger partial charge in [0, 0.05) is 75.0 Å². The minimum Gasteiger partial charge on any atom is -0.478 e. The SMILES string of the molecule is C.C.C.C.C.C.CC(=O)O[C@@H](C(=O)NCCc1cccs1)[C@@H](OC(C)=O)c1nc2ccccc2s1.CC(=O)O[C@@H](C(=O)O)[C@@H](OC(C)=O)c1nc2ccccc2s1.CC(=O)O[C@H]1C(=O)OC(=O)[C@@H]1OC(C)=O.Nc1ccccc1S.O=C(NCCc1cccs1)[C@H](O)[C@@H](O)c1nc2ccccc2s1. The van der Waals surface area contributed by atoms with Crippen molar-refractivity contribution in [3.05, 3.63) is 157 Å². The van der Waals surface area contributed by atoms with Crippen molar-refractivity contribution in [2.75, 3.05) is 18.8 Å². The molecule has 27 nitrogen and oxygen atoms in total. The first kappa shape index (κ1) is 93.4. The molecule has 6 heterocycles. The van der Waals surface area contributed by atoms with Gasteiger partial charge in [0.2, 0.25) is 30.5 Å². The monoisotopic (exact) mass is 1540 g/mol. The van der Waals surface area contributed by atoms with Crippen LogP contribution in [0.3, 0.4) is 0 Å². The summed E-state index contributed by atoms with van der Waals surface area (Å²) < 4.78 is 36.2. The topological polar surface area (TPSA) is 402 Å². The molecule has 5 aromatic heterocycles. The van der Waals surface area contributed by atoms with Crippen molar-refractivity contribution < 1.29 is 101 Å². The van der Waals surface area contributed by atoms with Crippen LogP contribution in [-0.2, 0) is 98.7 Å². The molecule has 0 saturated carbocycles. The van der Waals surface area contributed by atoms with Crippen molar-refractivity contribution in [2.24, 2.45) is 0 Å². The summed E-state index contributed by atoms with van der Waals surface area (Å²) >= 11 is 11.0. The lowest BCUT2D eigenvalue weighted by atomic mass is 10.2. The maximum Gasteiger partial charge on any atom is 0.359 e. The van der Waals surface area contributed by atoms with E-state index in [1.54, 1.807) is 34.8 Å². The van der Waals surface area contributed by atoms with Crippen LogP contribution in [0.4, 0.5) is 5.69 Å². The Kier molecular flexibility index (Phi) is 41.8. The van der Waals surface area contributed by atoms with Gasteiger partial charge in [-0.1, -0.05) is 105 Å². The maximum absolute atomic E-state index is 12.8. The van der Waals surface area contributed by atoms with Crippen LogP contribution < -0.4 is 16.4 Å². The molecule has 103 heavy (non-hydrogen) atoms. The number of aliphatic hydroxyl groups excluding tert-OH is 2. The summed E-state index contributed by atoms with van der Waals surface area (Å²) in [5.74, 6) is -8.90. The number of fused-ring (bicyclic) bond motifs is 3. The summed E-state index contributed by atoms with van der Waals surface area (Å²) in [6, 6.07) is 37.3. The molecular formula is C70H88N6O21S6. The fourth-order valence-electron chi connectivity index (χ4n) is 8.27. The number of thiophene rings is 2. The van der Waals surface area contributed by atoms with Gasteiger partial charge < -0.3 is 64.8 Å². The van der Waals surface area contributed by atoms with Crippen LogP contribution in [0.15, 0.2) is 137 Å². The molecule has 1 fully saturated rings. The molecule has 1 saturated heterocycles. The zero-order valence-corrected chi connectivity index (χ0v) is 57.2. The highest BCUT2D eigenvalue weighted by molar-refractivity contribution is 7.80. The molecular weight excluding hydrogens is 1450 g/mol. The quantitative estimate of drug-likeness (QED) is 0.0115. The Hall–Kier alpha value is -9.61. The van der Waals surface area contributed by atoms with E-state index in [4.69, 9.17) is 24.7 Å². The Morgan fingerprint density at radius 2 is 0.854 bits per heavy atom. The Morgan fingerprint density at radius 3 is 1.20 bits per heavy atom. The lowest BCUT2D eigenvalue weighted by Crippen LogP contribution is -2.43. The molecule has 8 atom stereocenters. The van der Waals surface area contributed by atoms with Crippen molar-refractivity contribution in [1.82, 2.24) is 25.6 Å². The number of esters is 8. The Balaban J connectivity index is 0.00000130. The number of anilines is 1. The summed E-state index contributed by atoms with van der Waals surface area (Å²) in [5.41, 5.74) is 8.28. The number of nitrogens with two attached hydrogens (primary N) is 1. The fraction of sp³-hybridized carbons (Fsp3) is 0.343. The summed E-state index contributed by atoms with van der Waals surface area (Å²) in [5, 5.41) is 39.8. The molecule has 10 rings (SSSR count). The van der Waals surface area contributed by atoms with Crippen LogP contribution in [0.2, 0.25) is 0 Å². The standard InChI is InChI=1S/C20H20N2O5S2.C16H16N2O3S2.C14H13NO6S.C8H8O7.C6H7NS.6CH4/c1-12(23)26-17(19(25)21-10-9-14-6-5-11-28-14)18(27-13(2)24)20-22-15-7-3-4-8-16(15)29-20;19-13(15(21)17-8-7-10-4-3-9-22-10)14(20)16-18-11-5-1-2-6-12(11)23-16;1-7(16)20-11(12(14(18)19)21-8(2)17)13-15-9-5-3-4-6-10(9)22-13;1-3(9)13-5-6(14-4(2)10)8(12)15-7(5)11;7-5-3-1-2-4-6(5)8;;;;;;/h3-8,11,17-18H,9-10H2,1-2H3,(H,21,25);1-6,9,13-14,19-20H,7-8H2,(H,17,21);3-6,11-12H,1-2H3,(H,18,19);5-6H,1-2H3;1-4,8H,7H2;6*1H4/t17-,18-;13-,14-;11-,12-;5-,6-;;;;;;;/m1111......./s1. The number of aliphatic carboxylic acids is 1. The Morgan fingerprint density at radius 1 is 0.495 bits per heavy atom. The molecule has 560 valence electrons. The number of hydrogen-bond donors (Lipinski definition) is 7. The van der Waals surface area contributed by atoms with Crippen molar-refractivity contribution in [2.45, 2.75) is 153 Å². The summed E-state index contributed by atoms with van der Waals surface area (Å²) in [7, 11) is 0. The van der Waals surface area contributed by atoms with Crippen molar-refractivity contribution in [3.63, 3.8) is 0 Å². The molecule has 33 heteroatoms. The van der Waals surface area contributed by atoms with Gasteiger partial charge in [0.25, 0.3) is 11.8 Å². The molecule has 4 aromatic carbocycles. The van der Waals surface area contributed by atoms with Crippen LogP contribution >= 0.6 is 69.3 Å². The highest BCUT2D eigenvalue weighted by Gasteiger charge is 2.49. The number of nitrogen functional groups attached to an aromatic ring is 1. The van der Waals surface area contributed by atoms with Crippen LogP contribution in [0.1, 0.15) is 129 Å². The number of nitrogens with zero attached hydrogens (tertiary/aromatic N) is 3. The lowest BCUT2D eigenvalue weighted by Gasteiger charge is -2.24. The number of amides is 2. The van der Waals surface area contributed by atoms with Gasteiger partial charge in [-0.15, -0.1) is 69.3 Å². The number of benzene rings is 4. The molecule has 0 aliphatic carbocycles.